The van der Waals surface area contributed by atoms with E-state index in [9.17, 15) is 4.79 Å². The number of carbonyl (C=O) groups excluding carboxylic acids is 1. The van der Waals surface area contributed by atoms with Crippen LogP contribution in [0.15, 0.2) is 54.7 Å². The Kier molecular flexibility index (Phi) is 6.11. The van der Waals surface area contributed by atoms with Crippen LogP contribution in [0.5, 0.6) is 0 Å². The Balaban J connectivity index is 1.30. The first-order valence-electron chi connectivity index (χ1n) is 12.1. The summed E-state index contributed by atoms with van der Waals surface area (Å²) in [4.78, 5) is 20.3. The summed E-state index contributed by atoms with van der Waals surface area (Å²) in [5, 5.41) is 13.6. The summed E-state index contributed by atoms with van der Waals surface area (Å²) in [7, 11) is 0. The van der Waals surface area contributed by atoms with Gasteiger partial charge in [0.25, 0.3) is 5.91 Å². The third kappa shape index (κ3) is 4.62. The van der Waals surface area contributed by atoms with Crippen molar-refractivity contribution in [3.05, 3.63) is 77.0 Å². The highest BCUT2D eigenvalue weighted by molar-refractivity contribution is 6.06. The standard InChI is InChI=1S/C28H30N4O/c29-19-21-8-9-23-20-32(16-11-22(23)18-21)17-14-28(12-4-1-5-13-28)31-27(33)25-10-15-30-26-7-3-2-6-24(25)26/h2-3,6-10,15,18H,1,4-5,11-14,16-17,20H2,(H,31,33). The van der Waals surface area contributed by atoms with Gasteiger partial charge in [-0.15, -0.1) is 0 Å². The summed E-state index contributed by atoms with van der Waals surface area (Å²) < 4.78 is 0. The van der Waals surface area contributed by atoms with Crippen LogP contribution < -0.4 is 5.32 Å². The quantitative estimate of drug-likeness (QED) is 0.609. The lowest BCUT2D eigenvalue weighted by Gasteiger charge is -2.40. The maximum absolute atomic E-state index is 13.4. The van der Waals surface area contributed by atoms with Gasteiger partial charge in [-0.05, 0) is 61.1 Å². The molecule has 168 valence electrons. The number of fused-ring (bicyclic) bond motifs is 2. The average molecular weight is 439 g/mol. The number of carbonyl (C=O) groups is 1. The van der Waals surface area contributed by atoms with E-state index >= 15 is 0 Å². The fourth-order valence-corrected chi connectivity index (χ4v) is 5.51. The van der Waals surface area contributed by atoms with Crippen molar-refractivity contribution in [2.75, 3.05) is 13.1 Å². The molecule has 1 saturated carbocycles. The molecule has 2 aromatic carbocycles. The number of nitriles is 1. The Labute approximate surface area is 195 Å². The van der Waals surface area contributed by atoms with Gasteiger partial charge < -0.3 is 5.32 Å². The van der Waals surface area contributed by atoms with Crippen LogP contribution in [0.25, 0.3) is 10.9 Å². The van der Waals surface area contributed by atoms with E-state index in [2.05, 4.69) is 27.3 Å². The summed E-state index contributed by atoms with van der Waals surface area (Å²) in [5.74, 6) is 0.0172. The predicted octanol–water partition coefficient (Wildman–Crippen LogP) is 4.99. The van der Waals surface area contributed by atoms with E-state index in [1.807, 2.05) is 42.5 Å². The van der Waals surface area contributed by atoms with Crippen molar-refractivity contribution >= 4 is 16.8 Å². The van der Waals surface area contributed by atoms with Gasteiger partial charge in [-0.3, -0.25) is 14.7 Å². The van der Waals surface area contributed by atoms with Crippen molar-refractivity contribution < 1.29 is 4.79 Å². The van der Waals surface area contributed by atoms with Gasteiger partial charge in [0.1, 0.15) is 0 Å². The molecule has 0 atom stereocenters. The molecule has 1 fully saturated rings. The monoisotopic (exact) mass is 438 g/mol. The van der Waals surface area contributed by atoms with Gasteiger partial charge in [-0.1, -0.05) is 43.5 Å². The Morgan fingerprint density at radius 3 is 2.79 bits per heavy atom. The number of amides is 1. The summed E-state index contributed by atoms with van der Waals surface area (Å²) in [6.45, 7) is 2.89. The van der Waals surface area contributed by atoms with Crippen LogP contribution in [0.1, 0.15) is 65.6 Å². The summed E-state index contributed by atoms with van der Waals surface area (Å²) in [5.41, 5.74) is 4.79. The van der Waals surface area contributed by atoms with Gasteiger partial charge in [-0.25, -0.2) is 0 Å². The molecule has 0 radical (unpaired) electrons. The number of aromatic nitrogens is 1. The molecule has 1 aliphatic carbocycles. The maximum Gasteiger partial charge on any atom is 0.252 e. The van der Waals surface area contributed by atoms with Crippen LogP contribution in [-0.2, 0) is 13.0 Å². The number of para-hydroxylation sites is 1. The number of rotatable bonds is 5. The SMILES string of the molecule is N#Cc1ccc2c(c1)CCN(CCC1(NC(=O)c3ccnc4ccccc34)CCCCC1)C2. The number of nitrogens with one attached hydrogen (secondary N) is 1. The molecule has 5 heteroatoms. The first kappa shape index (κ1) is 21.6. The molecule has 3 aromatic rings. The molecule has 1 amide bonds. The van der Waals surface area contributed by atoms with E-state index < -0.39 is 0 Å². The molecule has 1 N–H and O–H groups in total. The molecular weight excluding hydrogens is 408 g/mol. The number of hydrogen-bond acceptors (Lipinski definition) is 4. The second-order valence-corrected chi connectivity index (χ2v) is 9.54. The summed E-state index contributed by atoms with van der Waals surface area (Å²) >= 11 is 0. The van der Waals surface area contributed by atoms with Gasteiger partial charge >= 0.3 is 0 Å². The van der Waals surface area contributed by atoms with Crippen LogP contribution in [-0.4, -0.2) is 34.4 Å². The summed E-state index contributed by atoms with van der Waals surface area (Å²) in [6, 6.07) is 18.0. The van der Waals surface area contributed by atoms with E-state index in [0.29, 0.717) is 5.56 Å². The van der Waals surface area contributed by atoms with Crippen molar-refractivity contribution in [1.29, 1.82) is 5.26 Å². The number of hydrogen-bond donors (Lipinski definition) is 1. The molecule has 5 rings (SSSR count). The third-order valence-electron chi connectivity index (χ3n) is 7.42. The van der Waals surface area contributed by atoms with Crippen molar-refractivity contribution in [1.82, 2.24) is 15.2 Å². The Bertz CT molecular complexity index is 1200. The minimum Gasteiger partial charge on any atom is -0.347 e. The van der Waals surface area contributed by atoms with Gasteiger partial charge in [0, 0.05) is 36.8 Å². The van der Waals surface area contributed by atoms with Crippen molar-refractivity contribution in [3.8, 4) is 6.07 Å². The molecule has 1 aliphatic heterocycles. The molecule has 1 aromatic heterocycles. The van der Waals surface area contributed by atoms with Crippen molar-refractivity contribution in [2.24, 2.45) is 0 Å². The molecule has 2 heterocycles. The van der Waals surface area contributed by atoms with Gasteiger partial charge in [0.05, 0.1) is 22.7 Å². The van der Waals surface area contributed by atoms with E-state index in [1.54, 1.807) is 6.20 Å². The van der Waals surface area contributed by atoms with E-state index in [-0.39, 0.29) is 11.4 Å². The van der Waals surface area contributed by atoms with Crippen LogP contribution in [0.3, 0.4) is 0 Å². The first-order valence-corrected chi connectivity index (χ1v) is 12.1. The lowest BCUT2D eigenvalue weighted by molar-refractivity contribution is 0.0842. The fraction of sp³-hybridized carbons (Fsp3) is 0.393. The minimum atomic E-state index is -0.148. The number of pyridine rings is 1. The highest BCUT2D eigenvalue weighted by atomic mass is 16.1. The van der Waals surface area contributed by atoms with Crippen LogP contribution in [0, 0.1) is 11.3 Å². The predicted molar refractivity (Wildman–Crippen MR) is 130 cm³/mol. The Morgan fingerprint density at radius 2 is 1.94 bits per heavy atom. The zero-order valence-corrected chi connectivity index (χ0v) is 19.0. The zero-order valence-electron chi connectivity index (χ0n) is 19.0. The fourth-order valence-electron chi connectivity index (χ4n) is 5.51. The second kappa shape index (κ2) is 9.33. The topological polar surface area (TPSA) is 69.0 Å². The summed E-state index contributed by atoms with van der Waals surface area (Å²) in [6.07, 6.45) is 9.33. The van der Waals surface area contributed by atoms with Gasteiger partial charge in [0.2, 0.25) is 0 Å². The van der Waals surface area contributed by atoms with Gasteiger partial charge in [-0.2, -0.15) is 5.26 Å². The molecular formula is C28H30N4O. The number of benzene rings is 2. The molecule has 0 spiro atoms. The third-order valence-corrected chi connectivity index (χ3v) is 7.42. The molecule has 33 heavy (non-hydrogen) atoms. The highest BCUT2D eigenvalue weighted by Gasteiger charge is 2.34. The van der Waals surface area contributed by atoms with Crippen molar-refractivity contribution in [2.45, 2.75) is 57.0 Å². The van der Waals surface area contributed by atoms with Crippen LogP contribution in [0.4, 0.5) is 0 Å². The molecule has 5 nitrogen and oxygen atoms in total. The maximum atomic E-state index is 13.4. The Morgan fingerprint density at radius 1 is 1.09 bits per heavy atom. The van der Waals surface area contributed by atoms with Gasteiger partial charge in [0.15, 0.2) is 0 Å². The lowest BCUT2D eigenvalue weighted by Crippen LogP contribution is -2.51. The van der Waals surface area contributed by atoms with Crippen molar-refractivity contribution in [3.63, 3.8) is 0 Å². The minimum absolute atomic E-state index is 0.0172. The normalized spacial score (nSPS) is 17.8. The van der Waals surface area contributed by atoms with Crippen LogP contribution in [0.2, 0.25) is 0 Å². The van der Waals surface area contributed by atoms with E-state index in [4.69, 9.17) is 5.26 Å². The zero-order chi connectivity index (χ0) is 22.7. The largest absolute Gasteiger partial charge is 0.347 e. The highest BCUT2D eigenvalue weighted by Crippen LogP contribution is 2.33. The van der Waals surface area contributed by atoms with E-state index in [0.717, 1.165) is 74.6 Å². The molecule has 2 aliphatic rings. The smallest absolute Gasteiger partial charge is 0.252 e. The molecule has 0 unspecified atom stereocenters. The second-order valence-electron chi connectivity index (χ2n) is 9.54. The molecule has 0 bridgehead atoms. The van der Waals surface area contributed by atoms with E-state index in [1.165, 1.54) is 17.5 Å². The first-order chi connectivity index (χ1) is 16.2. The Hall–Kier alpha value is -3.23. The molecule has 0 saturated heterocycles. The van der Waals surface area contributed by atoms with Crippen LogP contribution >= 0.6 is 0 Å². The number of nitrogens with zero attached hydrogens (tertiary/aromatic N) is 3. The lowest BCUT2D eigenvalue weighted by atomic mass is 9.78. The average Bonchev–Trinajstić information content (AvgIpc) is 2.87.